The molecule has 0 spiro atoms. The minimum Gasteiger partial charge on any atom is -0.292 e. The summed E-state index contributed by atoms with van der Waals surface area (Å²) < 4.78 is 0. The van der Waals surface area contributed by atoms with Gasteiger partial charge in [-0.15, -0.1) is 0 Å². The van der Waals surface area contributed by atoms with Gasteiger partial charge in [-0.3, -0.25) is 9.78 Å². The molecule has 1 aromatic heterocycles. The molecule has 1 aliphatic rings. The third kappa shape index (κ3) is 1.37. The molecule has 0 amide bonds. The number of carbonyl (C=O) groups is 1. The third-order valence-electron chi connectivity index (χ3n) is 2.54. The monoisotopic (exact) mass is 175 g/mol. The van der Waals surface area contributed by atoms with Gasteiger partial charge >= 0.3 is 0 Å². The molecule has 0 radical (unpaired) electrons. The molecule has 2 nitrogen and oxygen atoms in total. The Balaban J connectivity index is 2.45. The van der Waals surface area contributed by atoms with E-state index in [9.17, 15) is 4.79 Å². The van der Waals surface area contributed by atoms with Crippen LogP contribution in [0, 0.1) is 0 Å². The van der Waals surface area contributed by atoms with E-state index < -0.39 is 0 Å². The summed E-state index contributed by atoms with van der Waals surface area (Å²) in [6, 6.07) is 2.12. The highest BCUT2D eigenvalue weighted by molar-refractivity contribution is 5.98. The third-order valence-corrected chi connectivity index (χ3v) is 2.54. The van der Waals surface area contributed by atoms with Gasteiger partial charge in [0.05, 0.1) is 0 Å². The van der Waals surface area contributed by atoms with Gasteiger partial charge in [0, 0.05) is 12.6 Å². The van der Waals surface area contributed by atoms with Crippen LogP contribution >= 0.6 is 0 Å². The zero-order valence-electron chi connectivity index (χ0n) is 8.00. The minimum atomic E-state index is 0.199. The van der Waals surface area contributed by atoms with Crippen molar-refractivity contribution in [3.63, 3.8) is 0 Å². The molecule has 2 heteroatoms. The molecule has 0 atom stereocenters. The highest BCUT2D eigenvalue weighted by Gasteiger charge is 2.21. The van der Waals surface area contributed by atoms with Crippen molar-refractivity contribution >= 4 is 5.78 Å². The van der Waals surface area contributed by atoms with Crippen molar-refractivity contribution in [2.24, 2.45) is 0 Å². The first-order chi connectivity index (χ1) is 6.18. The first-order valence-corrected chi connectivity index (χ1v) is 4.70. The van der Waals surface area contributed by atoms with Crippen LogP contribution in [0.25, 0.3) is 0 Å². The molecule has 0 saturated carbocycles. The normalized spacial score (nSPS) is 15.2. The average Bonchev–Trinajstić information content (AvgIpc) is 2.47. The van der Waals surface area contributed by atoms with Gasteiger partial charge in [-0.2, -0.15) is 0 Å². The Bertz CT molecular complexity index is 355. The number of fused-ring (bicyclic) bond motifs is 1. The van der Waals surface area contributed by atoms with E-state index in [1.807, 2.05) is 6.20 Å². The number of carbonyl (C=O) groups excluding carboxylic acids is 1. The molecule has 2 rings (SSSR count). The van der Waals surface area contributed by atoms with Crippen molar-refractivity contribution in [3.8, 4) is 0 Å². The van der Waals surface area contributed by atoms with E-state index in [0.717, 1.165) is 12.0 Å². The highest BCUT2D eigenvalue weighted by Crippen LogP contribution is 2.23. The number of nitrogens with zero attached hydrogens (tertiary/aromatic N) is 1. The zero-order valence-corrected chi connectivity index (χ0v) is 8.00. The Morgan fingerprint density at radius 3 is 2.85 bits per heavy atom. The van der Waals surface area contributed by atoms with Gasteiger partial charge < -0.3 is 0 Å². The van der Waals surface area contributed by atoms with Crippen molar-refractivity contribution in [2.75, 3.05) is 0 Å². The second-order valence-corrected chi connectivity index (χ2v) is 3.85. The lowest BCUT2D eigenvalue weighted by atomic mass is 10.0. The Morgan fingerprint density at radius 1 is 1.38 bits per heavy atom. The summed E-state index contributed by atoms with van der Waals surface area (Å²) in [6.07, 6.45) is 3.35. The van der Waals surface area contributed by atoms with Crippen LogP contribution in [0.3, 0.4) is 0 Å². The molecule has 0 bridgehead atoms. The summed E-state index contributed by atoms with van der Waals surface area (Å²) in [5.74, 6) is 0.693. The van der Waals surface area contributed by atoms with Crippen LogP contribution in [0.1, 0.15) is 47.8 Å². The van der Waals surface area contributed by atoms with Gasteiger partial charge in [0.1, 0.15) is 5.69 Å². The summed E-state index contributed by atoms with van der Waals surface area (Å²) in [5.41, 5.74) is 3.06. The summed E-state index contributed by atoms with van der Waals surface area (Å²) in [6.45, 7) is 4.28. The number of pyridine rings is 1. The van der Waals surface area contributed by atoms with Crippen molar-refractivity contribution in [3.05, 3.63) is 29.1 Å². The van der Waals surface area contributed by atoms with E-state index in [0.29, 0.717) is 18.0 Å². The smallest absolute Gasteiger partial charge is 0.181 e. The second kappa shape index (κ2) is 2.95. The number of rotatable bonds is 1. The molecule has 1 aromatic rings. The van der Waals surface area contributed by atoms with Crippen LogP contribution in [0.15, 0.2) is 12.3 Å². The molecule has 13 heavy (non-hydrogen) atoms. The van der Waals surface area contributed by atoms with Crippen molar-refractivity contribution in [1.29, 1.82) is 0 Å². The molecule has 0 saturated heterocycles. The SMILES string of the molecule is CC(C)c1cnc2c(c1)CCC2=O. The molecule has 0 aliphatic heterocycles. The highest BCUT2D eigenvalue weighted by atomic mass is 16.1. The van der Waals surface area contributed by atoms with Crippen LogP contribution in [-0.4, -0.2) is 10.8 Å². The molecule has 68 valence electrons. The Morgan fingerprint density at radius 2 is 2.15 bits per heavy atom. The molecule has 0 N–H and O–H groups in total. The minimum absolute atomic E-state index is 0.199. The van der Waals surface area contributed by atoms with Crippen LogP contribution in [0.5, 0.6) is 0 Å². The van der Waals surface area contributed by atoms with Gasteiger partial charge in [-0.1, -0.05) is 19.9 Å². The largest absolute Gasteiger partial charge is 0.292 e. The zero-order chi connectivity index (χ0) is 9.42. The Hall–Kier alpha value is -1.18. The van der Waals surface area contributed by atoms with Gasteiger partial charge in [-0.05, 0) is 23.5 Å². The van der Waals surface area contributed by atoms with E-state index in [2.05, 4.69) is 24.9 Å². The standard InChI is InChI=1S/C11H13NO/c1-7(2)9-5-8-3-4-10(13)11(8)12-6-9/h5-7H,3-4H2,1-2H3. The molecular weight excluding hydrogens is 162 g/mol. The molecule has 0 unspecified atom stereocenters. The second-order valence-electron chi connectivity index (χ2n) is 3.85. The lowest BCUT2D eigenvalue weighted by Gasteiger charge is -2.05. The van der Waals surface area contributed by atoms with Gasteiger partial charge in [-0.25, -0.2) is 0 Å². The molecule has 1 aliphatic carbocycles. The quantitative estimate of drug-likeness (QED) is 0.655. The summed E-state index contributed by atoms with van der Waals surface area (Å²) >= 11 is 0. The van der Waals surface area contributed by atoms with E-state index in [4.69, 9.17) is 0 Å². The molecule has 1 heterocycles. The van der Waals surface area contributed by atoms with E-state index in [1.54, 1.807) is 0 Å². The first-order valence-electron chi connectivity index (χ1n) is 4.70. The fourth-order valence-corrected chi connectivity index (χ4v) is 1.65. The molecular formula is C11H13NO. The number of ketones is 1. The van der Waals surface area contributed by atoms with Crippen LogP contribution in [0.4, 0.5) is 0 Å². The van der Waals surface area contributed by atoms with Crippen molar-refractivity contribution in [2.45, 2.75) is 32.6 Å². The van der Waals surface area contributed by atoms with Crippen LogP contribution in [0.2, 0.25) is 0 Å². The molecule has 0 aromatic carbocycles. The summed E-state index contributed by atoms with van der Waals surface area (Å²) in [4.78, 5) is 15.5. The van der Waals surface area contributed by atoms with Crippen LogP contribution in [-0.2, 0) is 6.42 Å². The van der Waals surface area contributed by atoms with Gasteiger partial charge in [0.25, 0.3) is 0 Å². The number of aromatic nitrogens is 1. The molecule has 0 fully saturated rings. The Kier molecular flexibility index (Phi) is 1.91. The first kappa shape index (κ1) is 8.42. The van der Waals surface area contributed by atoms with E-state index >= 15 is 0 Å². The topological polar surface area (TPSA) is 30.0 Å². The van der Waals surface area contributed by atoms with E-state index in [-0.39, 0.29) is 5.78 Å². The fourth-order valence-electron chi connectivity index (χ4n) is 1.65. The maximum absolute atomic E-state index is 11.3. The van der Waals surface area contributed by atoms with Crippen molar-refractivity contribution in [1.82, 2.24) is 4.98 Å². The number of aryl methyl sites for hydroxylation is 1. The summed E-state index contributed by atoms with van der Waals surface area (Å²) in [7, 11) is 0. The number of hydrogen-bond donors (Lipinski definition) is 0. The lowest BCUT2D eigenvalue weighted by Crippen LogP contribution is -1.98. The maximum atomic E-state index is 11.3. The Labute approximate surface area is 78.0 Å². The van der Waals surface area contributed by atoms with E-state index in [1.165, 1.54) is 5.56 Å². The van der Waals surface area contributed by atoms with Crippen molar-refractivity contribution < 1.29 is 4.79 Å². The lowest BCUT2D eigenvalue weighted by molar-refractivity contribution is 0.0990. The fraction of sp³-hybridized carbons (Fsp3) is 0.455. The number of hydrogen-bond acceptors (Lipinski definition) is 2. The summed E-state index contributed by atoms with van der Waals surface area (Å²) in [5, 5.41) is 0. The predicted octanol–water partition coefficient (Wildman–Crippen LogP) is 2.33. The predicted molar refractivity (Wildman–Crippen MR) is 51.0 cm³/mol. The van der Waals surface area contributed by atoms with Crippen LogP contribution < -0.4 is 0 Å². The average molecular weight is 175 g/mol. The number of Topliss-reactive ketones (excluding diaryl/α,β-unsaturated/α-hetero) is 1. The van der Waals surface area contributed by atoms with Gasteiger partial charge in [0.2, 0.25) is 0 Å². The van der Waals surface area contributed by atoms with Gasteiger partial charge in [0.15, 0.2) is 5.78 Å². The maximum Gasteiger partial charge on any atom is 0.181 e.